The summed E-state index contributed by atoms with van der Waals surface area (Å²) in [6, 6.07) is 0. The van der Waals surface area contributed by atoms with Gasteiger partial charge in [0.05, 0.1) is 13.7 Å². The average Bonchev–Trinajstić information content (AvgIpc) is 2.26. The van der Waals surface area contributed by atoms with Gasteiger partial charge in [-0.1, -0.05) is 0 Å². The van der Waals surface area contributed by atoms with E-state index in [0.29, 0.717) is 0 Å². The van der Waals surface area contributed by atoms with Crippen LogP contribution in [0.15, 0.2) is 0 Å². The zero-order valence-electron chi connectivity index (χ0n) is 8.41. The van der Waals surface area contributed by atoms with Gasteiger partial charge >= 0.3 is 5.97 Å². The monoisotopic (exact) mass is 222 g/mol. The number of ether oxygens (including phenoxy) is 3. The number of methoxy groups -OCH3 is 2. The van der Waals surface area contributed by atoms with Crippen molar-refractivity contribution in [2.45, 2.75) is 24.1 Å². The van der Waals surface area contributed by atoms with Crippen LogP contribution >= 0.6 is 0 Å². The van der Waals surface area contributed by atoms with Gasteiger partial charge < -0.3 is 29.5 Å². The molecule has 0 aliphatic carbocycles. The number of carbonyl (C=O) groups is 1. The van der Waals surface area contributed by atoms with Gasteiger partial charge in [-0.3, -0.25) is 0 Å². The molecule has 0 spiro atoms. The van der Waals surface area contributed by atoms with E-state index >= 15 is 0 Å². The Balaban J connectivity index is 2.95. The highest BCUT2D eigenvalue weighted by molar-refractivity contribution is 5.79. The summed E-state index contributed by atoms with van der Waals surface area (Å²) >= 11 is 0. The van der Waals surface area contributed by atoms with Crippen molar-refractivity contribution in [1.82, 2.24) is 0 Å². The third kappa shape index (κ3) is 1.84. The number of hydrogen-bond donors (Lipinski definition) is 3. The standard InChI is InChI=1S/C8H14O7/c1-13-7(12)8(14-2)6(11)5(10)4(9)3-15-8/h4-6,9-11H,3H2,1-2H3/t4-,5+,6-,8-/m0/s1. The molecule has 7 heteroatoms. The molecular formula is C8H14O7. The first kappa shape index (κ1) is 12.3. The van der Waals surface area contributed by atoms with Crippen LogP contribution in [0, 0.1) is 0 Å². The van der Waals surface area contributed by atoms with Crippen LogP contribution in [0.1, 0.15) is 0 Å². The second-order valence-electron chi connectivity index (χ2n) is 3.18. The Kier molecular flexibility index (Phi) is 3.63. The fourth-order valence-corrected chi connectivity index (χ4v) is 1.41. The summed E-state index contributed by atoms with van der Waals surface area (Å²) in [4.78, 5) is 11.4. The van der Waals surface area contributed by atoms with E-state index in [-0.39, 0.29) is 6.61 Å². The van der Waals surface area contributed by atoms with Gasteiger partial charge in [-0.2, -0.15) is 0 Å². The van der Waals surface area contributed by atoms with Gasteiger partial charge in [0.1, 0.15) is 18.3 Å². The second-order valence-corrected chi connectivity index (χ2v) is 3.18. The molecule has 1 fully saturated rings. The smallest absolute Gasteiger partial charge is 0.369 e. The van der Waals surface area contributed by atoms with Gasteiger partial charge in [0.15, 0.2) is 0 Å². The van der Waals surface area contributed by atoms with E-state index in [1.807, 2.05) is 0 Å². The summed E-state index contributed by atoms with van der Waals surface area (Å²) in [5.41, 5.74) is 0. The molecule has 0 radical (unpaired) electrons. The van der Waals surface area contributed by atoms with E-state index in [0.717, 1.165) is 14.2 Å². The number of esters is 1. The van der Waals surface area contributed by atoms with Crippen LogP contribution in [-0.4, -0.2) is 66.2 Å². The Hall–Kier alpha value is -0.730. The van der Waals surface area contributed by atoms with Crippen LogP contribution < -0.4 is 0 Å². The van der Waals surface area contributed by atoms with Crippen LogP contribution in [0.4, 0.5) is 0 Å². The lowest BCUT2D eigenvalue weighted by Gasteiger charge is -2.41. The highest BCUT2D eigenvalue weighted by atomic mass is 16.7. The quantitative estimate of drug-likeness (QED) is 0.448. The van der Waals surface area contributed by atoms with Crippen molar-refractivity contribution >= 4 is 5.97 Å². The minimum atomic E-state index is -2.08. The largest absolute Gasteiger partial charge is 0.465 e. The van der Waals surface area contributed by atoms with Crippen LogP contribution in [0.2, 0.25) is 0 Å². The van der Waals surface area contributed by atoms with Crippen molar-refractivity contribution in [2.75, 3.05) is 20.8 Å². The molecule has 4 atom stereocenters. The summed E-state index contributed by atoms with van der Waals surface area (Å²) in [6.07, 6.45) is -4.51. The van der Waals surface area contributed by atoms with Gasteiger partial charge in [0, 0.05) is 7.11 Å². The fraction of sp³-hybridized carbons (Fsp3) is 0.875. The fourth-order valence-electron chi connectivity index (χ4n) is 1.41. The molecular weight excluding hydrogens is 208 g/mol. The Bertz CT molecular complexity index is 243. The van der Waals surface area contributed by atoms with E-state index in [9.17, 15) is 20.1 Å². The average molecular weight is 222 g/mol. The third-order valence-corrected chi connectivity index (χ3v) is 2.35. The van der Waals surface area contributed by atoms with Crippen LogP contribution in [0.5, 0.6) is 0 Å². The normalized spacial score (nSPS) is 41.3. The van der Waals surface area contributed by atoms with E-state index in [2.05, 4.69) is 4.74 Å². The zero-order valence-corrected chi connectivity index (χ0v) is 8.41. The zero-order chi connectivity index (χ0) is 11.6. The summed E-state index contributed by atoms with van der Waals surface area (Å²) < 4.78 is 14.0. The minimum Gasteiger partial charge on any atom is -0.465 e. The maximum atomic E-state index is 11.4. The summed E-state index contributed by atoms with van der Waals surface area (Å²) in [5, 5.41) is 28.2. The molecule has 7 nitrogen and oxygen atoms in total. The lowest BCUT2D eigenvalue weighted by atomic mass is 9.97. The molecule has 0 unspecified atom stereocenters. The molecule has 15 heavy (non-hydrogen) atoms. The molecule has 3 N–H and O–H groups in total. The van der Waals surface area contributed by atoms with Crippen molar-refractivity contribution in [2.24, 2.45) is 0 Å². The molecule has 0 saturated carbocycles. The predicted molar refractivity (Wildman–Crippen MR) is 45.7 cm³/mol. The Labute approximate surface area is 86.2 Å². The summed E-state index contributed by atoms with van der Waals surface area (Å²) in [6.45, 7) is -0.332. The van der Waals surface area contributed by atoms with Crippen LogP contribution in [-0.2, 0) is 19.0 Å². The highest BCUT2D eigenvalue weighted by Crippen LogP contribution is 2.28. The molecule has 0 aromatic rings. The lowest BCUT2D eigenvalue weighted by molar-refractivity contribution is -0.321. The number of aliphatic hydroxyl groups is 3. The maximum absolute atomic E-state index is 11.4. The van der Waals surface area contributed by atoms with E-state index in [1.165, 1.54) is 0 Å². The predicted octanol–water partition coefficient (Wildman–Crippen LogP) is -2.38. The molecule has 0 amide bonds. The Morgan fingerprint density at radius 1 is 1.40 bits per heavy atom. The van der Waals surface area contributed by atoms with Gasteiger partial charge in [-0.15, -0.1) is 0 Å². The van der Waals surface area contributed by atoms with Crippen molar-refractivity contribution < 1.29 is 34.3 Å². The molecule has 88 valence electrons. The molecule has 1 aliphatic rings. The second kappa shape index (κ2) is 4.42. The van der Waals surface area contributed by atoms with Gasteiger partial charge in [-0.05, 0) is 0 Å². The van der Waals surface area contributed by atoms with E-state index in [4.69, 9.17) is 9.47 Å². The molecule has 1 heterocycles. The first-order valence-corrected chi connectivity index (χ1v) is 4.31. The number of rotatable bonds is 2. The molecule has 1 aliphatic heterocycles. The van der Waals surface area contributed by atoms with Crippen molar-refractivity contribution in [3.8, 4) is 0 Å². The van der Waals surface area contributed by atoms with Crippen molar-refractivity contribution in [3.05, 3.63) is 0 Å². The van der Waals surface area contributed by atoms with E-state index < -0.39 is 30.1 Å². The summed E-state index contributed by atoms with van der Waals surface area (Å²) in [7, 11) is 2.22. The topological polar surface area (TPSA) is 105 Å². The molecule has 0 aromatic carbocycles. The number of aliphatic hydroxyl groups excluding tert-OH is 3. The van der Waals surface area contributed by atoms with E-state index in [1.54, 1.807) is 0 Å². The molecule has 1 rings (SSSR count). The first-order valence-electron chi connectivity index (χ1n) is 4.31. The van der Waals surface area contributed by atoms with Gasteiger partial charge in [0.25, 0.3) is 5.79 Å². The molecule has 0 bridgehead atoms. The lowest BCUT2D eigenvalue weighted by Crippen LogP contribution is -2.65. The third-order valence-electron chi connectivity index (χ3n) is 2.35. The van der Waals surface area contributed by atoms with Crippen LogP contribution in [0.3, 0.4) is 0 Å². The number of hydrogen-bond acceptors (Lipinski definition) is 7. The van der Waals surface area contributed by atoms with Gasteiger partial charge in [-0.25, -0.2) is 4.79 Å². The number of carbonyl (C=O) groups excluding carboxylic acids is 1. The van der Waals surface area contributed by atoms with Crippen LogP contribution in [0.25, 0.3) is 0 Å². The highest BCUT2D eigenvalue weighted by Gasteiger charge is 2.56. The molecule has 0 aromatic heterocycles. The minimum absolute atomic E-state index is 0.332. The maximum Gasteiger partial charge on any atom is 0.369 e. The SMILES string of the molecule is COC(=O)[C@@]1(OC)OC[C@H](O)[C@@H](O)[C@@H]1O. The van der Waals surface area contributed by atoms with Gasteiger partial charge in [0.2, 0.25) is 0 Å². The Morgan fingerprint density at radius 2 is 2.00 bits per heavy atom. The van der Waals surface area contributed by atoms with Crippen molar-refractivity contribution in [1.29, 1.82) is 0 Å². The molecule has 1 saturated heterocycles. The first-order chi connectivity index (χ1) is 6.99. The summed E-state index contributed by atoms with van der Waals surface area (Å²) in [5.74, 6) is -3.05. The van der Waals surface area contributed by atoms with Crippen molar-refractivity contribution in [3.63, 3.8) is 0 Å². The Morgan fingerprint density at radius 3 is 2.47 bits per heavy atom.